The molecule has 0 aromatic heterocycles. The number of amides is 2. The molecule has 4 heteroatoms. The zero-order chi connectivity index (χ0) is 10.4. The van der Waals surface area contributed by atoms with Crippen molar-refractivity contribution < 1.29 is 4.79 Å². The molecule has 1 rings (SSSR count). The molecular weight excluding hydrogens is 291 g/mol. The molecule has 2 amide bonds. The van der Waals surface area contributed by atoms with Crippen LogP contribution in [0.25, 0.3) is 0 Å². The van der Waals surface area contributed by atoms with E-state index in [2.05, 4.69) is 39.8 Å². The number of halogens is 1. The van der Waals surface area contributed by atoms with E-state index in [-0.39, 0.29) is 6.03 Å². The Balaban J connectivity index is 2.56. The zero-order valence-electron chi connectivity index (χ0n) is 7.59. The molecule has 1 aromatic rings. The molecule has 14 heavy (non-hydrogen) atoms. The average molecular weight is 302 g/mol. The highest BCUT2D eigenvalue weighted by atomic mass is 127. The summed E-state index contributed by atoms with van der Waals surface area (Å²) in [6, 6.07) is 7.38. The second kappa shape index (κ2) is 5.64. The normalized spacial score (nSPS) is 9.21. The molecule has 0 aliphatic rings. The van der Waals surface area contributed by atoms with E-state index >= 15 is 0 Å². The monoisotopic (exact) mass is 302 g/mol. The molecule has 2 N–H and O–H groups in total. The van der Waals surface area contributed by atoms with Crippen LogP contribution in [0.2, 0.25) is 0 Å². The van der Waals surface area contributed by atoms with Gasteiger partial charge >= 0.3 is 6.03 Å². The molecule has 74 valence electrons. The molecule has 0 heterocycles. The van der Waals surface area contributed by atoms with E-state index in [1.165, 1.54) is 0 Å². The number of rotatable bonds is 3. The predicted octanol–water partition coefficient (Wildman–Crippen LogP) is 2.60. The molecule has 0 aliphatic carbocycles. The van der Waals surface area contributed by atoms with Crippen molar-refractivity contribution in [2.24, 2.45) is 0 Å². The molecule has 0 unspecified atom stereocenters. The van der Waals surface area contributed by atoms with Crippen molar-refractivity contribution in [3.8, 4) is 0 Å². The highest BCUT2D eigenvalue weighted by Crippen LogP contribution is 2.16. The van der Waals surface area contributed by atoms with Crippen molar-refractivity contribution in [1.29, 1.82) is 0 Å². The summed E-state index contributed by atoms with van der Waals surface area (Å²) in [6.07, 6.45) is 1.63. The van der Waals surface area contributed by atoms with Gasteiger partial charge < -0.3 is 10.6 Å². The van der Waals surface area contributed by atoms with E-state index in [1.807, 2.05) is 24.3 Å². The van der Waals surface area contributed by atoms with Crippen molar-refractivity contribution in [2.45, 2.75) is 0 Å². The first-order valence-corrected chi connectivity index (χ1v) is 5.22. The number of carbonyl (C=O) groups is 1. The summed E-state index contributed by atoms with van der Waals surface area (Å²) in [4.78, 5) is 11.3. The lowest BCUT2D eigenvalue weighted by molar-refractivity contribution is 0.253. The van der Waals surface area contributed by atoms with Gasteiger partial charge in [0.2, 0.25) is 0 Å². The van der Waals surface area contributed by atoms with Gasteiger partial charge in [0.05, 0.1) is 5.69 Å². The first kappa shape index (κ1) is 11.0. The van der Waals surface area contributed by atoms with Crippen LogP contribution in [-0.4, -0.2) is 12.6 Å². The maximum Gasteiger partial charge on any atom is 0.319 e. The van der Waals surface area contributed by atoms with Crippen LogP contribution in [0, 0.1) is 3.57 Å². The van der Waals surface area contributed by atoms with Crippen LogP contribution in [0.15, 0.2) is 36.9 Å². The summed E-state index contributed by atoms with van der Waals surface area (Å²) in [5, 5.41) is 5.38. The molecule has 0 saturated carbocycles. The standard InChI is InChI=1S/C10H11IN2O/c1-2-7-12-10(14)13-9-6-4-3-5-8(9)11/h2-6H,1,7H2,(H2,12,13,14). The van der Waals surface area contributed by atoms with E-state index in [9.17, 15) is 4.79 Å². The molecule has 0 spiro atoms. The smallest absolute Gasteiger partial charge is 0.319 e. The Morgan fingerprint density at radius 3 is 2.86 bits per heavy atom. The Kier molecular flexibility index (Phi) is 4.45. The lowest BCUT2D eigenvalue weighted by atomic mass is 10.3. The predicted molar refractivity (Wildman–Crippen MR) is 66.4 cm³/mol. The Morgan fingerprint density at radius 2 is 2.21 bits per heavy atom. The third-order valence-electron chi connectivity index (χ3n) is 1.53. The second-order valence-electron chi connectivity index (χ2n) is 2.60. The number of para-hydroxylation sites is 1. The van der Waals surface area contributed by atoms with E-state index < -0.39 is 0 Å². The highest BCUT2D eigenvalue weighted by Gasteiger charge is 2.01. The summed E-state index contributed by atoms with van der Waals surface area (Å²) in [7, 11) is 0. The van der Waals surface area contributed by atoms with Crippen LogP contribution in [0.1, 0.15) is 0 Å². The Hall–Kier alpha value is -1.04. The maximum atomic E-state index is 11.3. The number of anilines is 1. The molecule has 0 aliphatic heterocycles. The second-order valence-corrected chi connectivity index (χ2v) is 3.77. The first-order valence-electron chi connectivity index (χ1n) is 4.14. The highest BCUT2D eigenvalue weighted by molar-refractivity contribution is 14.1. The molecule has 1 aromatic carbocycles. The lowest BCUT2D eigenvalue weighted by Crippen LogP contribution is -2.28. The van der Waals surface area contributed by atoms with Crippen LogP contribution >= 0.6 is 22.6 Å². The van der Waals surface area contributed by atoms with E-state index in [0.29, 0.717) is 6.54 Å². The van der Waals surface area contributed by atoms with Gasteiger partial charge in [-0.2, -0.15) is 0 Å². The van der Waals surface area contributed by atoms with Gasteiger partial charge in [0, 0.05) is 10.1 Å². The van der Waals surface area contributed by atoms with Crippen LogP contribution in [0.5, 0.6) is 0 Å². The van der Waals surface area contributed by atoms with Crippen LogP contribution in [0.3, 0.4) is 0 Å². The fraction of sp³-hybridized carbons (Fsp3) is 0.100. The summed E-state index contributed by atoms with van der Waals surface area (Å²) in [5.41, 5.74) is 0.815. The van der Waals surface area contributed by atoms with Gasteiger partial charge in [-0.3, -0.25) is 0 Å². The van der Waals surface area contributed by atoms with Crippen molar-refractivity contribution in [3.05, 3.63) is 40.5 Å². The largest absolute Gasteiger partial charge is 0.334 e. The molecular formula is C10H11IN2O. The Labute approximate surface area is 96.7 Å². The van der Waals surface area contributed by atoms with Crippen molar-refractivity contribution in [3.63, 3.8) is 0 Å². The van der Waals surface area contributed by atoms with Gasteiger partial charge in [-0.1, -0.05) is 18.2 Å². The Bertz CT molecular complexity index is 339. The van der Waals surface area contributed by atoms with Crippen LogP contribution in [0.4, 0.5) is 10.5 Å². The summed E-state index contributed by atoms with van der Waals surface area (Å²) in [6.45, 7) is 3.98. The average Bonchev–Trinajstić information content (AvgIpc) is 2.18. The molecule has 0 radical (unpaired) electrons. The summed E-state index contributed by atoms with van der Waals surface area (Å²) >= 11 is 2.17. The van der Waals surface area contributed by atoms with Gasteiger partial charge in [-0.15, -0.1) is 6.58 Å². The van der Waals surface area contributed by atoms with E-state index in [4.69, 9.17) is 0 Å². The molecule has 0 saturated heterocycles. The molecule has 3 nitrogen and oxygen atoms in total. The maximum absolute atomic E-state index is 11.3. The number of urea groups is 1. The first-order chi connectivity index (χ1) is 6.74. The number of hydrogen-bond acceptors (Lipinski definition) is 1. The quantitative estimate of drug-likeness (QED) is 0.654. The SMILES string of the molecule is C=CCNC(=O)Nc1ccccc1I. The van der Waals surface area contributed by atoms with Gasteiger partial charge in [-0.05, 0) is 34.7 Å². The van der Waals surface area contributed by atoms with Crippen LogP contribution < -0.4 is 10.6 Å². The molecule has 0 bridgehead atoms. The van der Waals surface area contributed by atoms with Gasteiger partial charge in [-0.25, -0.2) is 4.79 Å². The van der Waals surface area contributed by atoms with E-state index in [1.54, 1.807) is 6.08 Å². The lowest BCUT2D eigenvalue weighted by Gasteiger charge is -2.07. The minimum Gasteiger partial charge on any atom is -0.334 e. The fourth-order valence-corrected chi connectivity index (χ4v) is 1.42. The van der Waals surface area contributed by atoms with Crippen molar-refractivity contribution in [1.82, 2.24) is 5.32 Å². The number of benzene rings is 1. The molecule has 0 atom stereocenters. The number of carbonyl (C=O) groups excluding carboxylic acids is 1. The summed E-state index contributed by atoms with van der Waals surface area (Å²) in [5.74, 6) is 0. The minimum atomic E-state index is -0.214. The minimum absolute atomic E-state index is 0.214. The third-order valence-corrected chi connectivity index (χ3v) is 2.47. The van der Waals surface area contributed by atoms with Gasteiger partial charge in [0.15, 0.2) is 0 Å². The third kappa shape index (κ3) is 3.37. The van der Waals surface area contributed by atoms with Gasteiger partial charge in [0.25, 0.3) is 0 Å². The Morgan fingerprint density at radius 1 is 1.50 bits per heavy atom. The number of hydrogen-bond donors (Lipinski definition) is 2. The zero-order valence-corrected chi connectivity index (χ0v) is 9.74. The fourth-order valence-electron chi connectivity index (χ4n) is 0.894. The van der Waals surface area contributed by atoms with Gasteiger partial charge in [0.1, 0.15) is 0 Å². The summed E-state index contributed by atoms with van der Waals surface area (Å²) < 4.78 is 1.01. The topological polar surface area (TPSA) is 41.1 Å². The number of nitrogens with one attached hydrogen (secondary N) is 2. The van der Waals surface area contributed by atoms with Crippen molar-refractivity contribution >= 4 is 34.3 Å². The van der Waals surface area contributed by atoms with E-state index in [0.717, 1.165) is 9.26 Å². The van der Waals surface area contributed by atoms with Crippen LogP contribution in [-0.2, 0) is 0 Å². The molecule has 0 fully saturated rings. The van der Waals surface area contributed by atoms with Crippen molar-refractivity contribution in [2.75, 3.05) is 11.9 Å².